The zero-order valence-electron chi connectivity index (χ0n) is 15.7. The molecule has 1 atom stereocenters. The summed E-state index contributed by atoms with van der Waals surface area (Å²) in [7, 11) is 0. The zero-order valence-corrected chi connectivity index (χ0v) is 15.7. The van der Waals surface area contributed by atoms with E-state index in [9.17, 15) is 13.2 Å². The summed E-state index contributed by atoms with van der Waals surface area (Å²) in [5.74, 6) is 0. The third-order valence-corrected chi connectivity index (χ3v) is 4.41. The van der Waals surface area contributed by atoms with Crippen LogP contribution < -0.4 is 0 Å². The highest BCUT2D eigenvalue weighted by Gasteiger charge is 2.30. The first-order chi connectivity index (χ1) is 12.0. The van der Waals surface area contributed by atoms with Gasteiger partial charge >= 0.3 is 6.18 Å². The quantitative estimate of drug-likeness (QED) is 0.339. The molecule has 1 rings (SSSR count). The van der Waals surface area contributed by atoms with E-state index in [4.69, 9.17) is 4.74 Å². The van der Waals surface area contributed by atoms with E-state index in [0.717, 1.165) is 25.3 Å². The molecule has 0 heterocycles. The summed E-state index contributed by atoms with van der Waals surface area (Å²) in [4.78, 5) is 0. The minimum atomic E-state index is -4.28. The molecule has 1 unspecified atom stereocenters. The van der Waals surface area contributed by atoms with E-state index < -0.39 is 11.7 Å². The first kappa shape index (κ1) is 22.0. The lowest BCUT2D eigenvalue weighted by Crippen LogP contribution is -2.17. The fourth-order valence-electron chi connectivity index (χ4n) is 3.00. The fourth-order valence-corrected chi connectivity index (χ4v) is 3.00. The van der Waals surface area contributed by atoms with Crippen molar-refractivity contribution in [2.45, 2.75) is 90.3 Å². The largest absolute Gasteiger partial charge is 0.416 e. The minimum Gasteiger partial charge on any atom is -0.378 e. The Balaban J connectivity index is 2.47. The summed E-state index contributed by atoms with van der Waals surface area (Å²) in [6, 6.07) is 5.64. The van der Waals surface area contributed by atoms with Crippen molar-refractivity contribution >= 4 is 0 Å². The SMILES string of the molecule is CCCCCCCCCC(Cc1cccc(C(F)(F)F)c1)OCCC. The van der Waals surface area contributed by atoms with E-state index in [1.165, 1.54) is 50.7 Å². The third kappa shape index (κ3) is 9.88. The van der Waals surface area contributed by atoms with Crippen LogP contribution in [-0.4, -0.2) is 12.7 Å². The molecule has 0 bridgehead atoms. The molecule has 25 heavy (non-hydrogen) atoms. The fraction of sp³-hybridized carbons (Fsp3) is 0.714. The molecule has 4 heteroatoms. The lowest BCUT2D eigenvalue weighted by molar-refractivity contribution is -0.137. The van der Waals surface area contributed by atoms with Crippen molar-refractivity contribution in [2.24, 2.45) is 0 Å². The Kier molecular flexibility index (Phi) is 10.9. The molecule has 0 aliphatic heterocycles. The number of ether oxygens (including phenoxy) is 1. The Hall–Kier alpha value is -1.03. The summed E-state index contributed by atoms with van der Waals surface area (Å²) in [6.07, 6.45) is 6.77. The second-order valence-electron chi connectivity index (χ2n) is 6.81. The van der Waals surface area contributed by atoms with Crippen LogP contribution in [-0.2, 0) is 17.3 Å². The highest BCUT2D eigenvalue weighted by atomic mass is 19.4. The Labute approximate surface area is 151 Å². The number of unbranched alkanes of at least 4 members (excludes halogenated alkanes) is 6. The molecular formula is C21H33F3O. The van der Waals surface area contributed by atoms with Gasteiger partial charge in [0.25, 0.3) is 0 Å². The monoisotopic (exact) mass is 358 g/mol. The van der Waals surface area contributed by atoms with Crippen molar-refractivity contribution < 1.29 is 17.9 Å². The second kappa shape index (κ2) is 12.3. The topological polar surface area (TPSA) is 9.23 Å². The third-order valence-electron chi connectivity index (χ3n) is 4.41. The van der Waals surface area contributed by atoms with E-state index in [-0.39, 0.29) is 6.10 Å². The van der Waals surface area contributed by atoms with Gasteiger partial charge in [0.2, 0.25) is 0 Å². The van der Waals surface area contributed by atoms with Crippen molar-refractivity contribution in [3.8, 4) is 0 Å². The van der Waals surface area contributed by atoms with E-state index in [1.807, 2.05) is 0 Å². The van der Waals surface area contributed by atoms with Crippen LogP contribution in [0.5, 0.6) is 0 Å². The van der Waals surface area contributed by atoms with Crippen molar-refractivity contribution in [1.82, 2.24) is 0 Å². The summed E-state index contributed by atoms with van der Waals surface area (Å²) >= 11 is 0. The first-order valence-corrected chi connectivity index (χ1v) is 9.75. The number of rotatable bonds is 13. The first-order valence-electron chi connectivity index (χ1n) is 9.75. The van der Waals surface area contributed by atoms with Crippen LogP contribution in [0, 0.1) is 0 Å². The average Bonchev–Trinajstić information content (AvgIpc) is 2.58. The van der Waals surface area contributed by atoms with Crippen LogP contribution in [0.2, 0.25) is 0 Å². The van der Waals surface area contributed by atoms with Gasteiger partial charge in [0.1, 0.15) is 0 Å². The van der Waals surface area contributed by atoms with Crippen LogP contribution in [0.3, 0.4) is 0 Å². The van der Waals surface area contributed by atoms with Crippen LogP contribution in [0.25, 0.3) is 0 Å². The number of benzene rings is 1. The summed E-state index contributed by atoms with van der Waals surface area (Å²) in [5.41, 5.74) is 0.133. The van der Waals surface area contributed by atoms with Crippen LogP contribution in [0.15, 0.2) is 24.3 Å². The van der Waals surface area contributed by atoms with Gasteiger partial charge in [-0.15, -0.1) is 0 Å². The maximum absolute atomic E-state index is 12.9. The number of halogens is 3. The molecule has 0 aliphatic rings. The molecule has 0 aliphatic carbocycles. The van der Waals surface area contributed by atoms with Gasteiger partial charge in [-0.1, -0.05) is 77.0 Å². The Morgan fingerprint density at radius 3 is 2.24 bits per heavy atom. The predicted octanol–water partition coefficient (Wildman–Crippen LogP) is 7.18. The van der Waals surface area contributed by atoms with Crippen LogP contribution >= 0.6 is 0 Å². The highest BCUT2D eigenvalue weighted by Crippen LogP contribution is 2.30. The van der Waals surface area contributed by atoms with Crippen molar-refractivity contribution in [3.63, 3.8) is 0 Å². The molecule has 1 aromatic carbocycles. The molecule has 0 N–H and O–H groups in total. The molecule has 0 amide bonds. The number of hydrogen-bond donors (Lipinski definition) is 0. The standard InChI is InChI=1S/C21H33F3O/c1-3-5-6-7-8-9-10-14-20(25-15-4-2)17-18-12-11-13-19(16-18)21(22,23)24/h11-13,16,20H,3-10,14-15,17H2,1-2H3. The normalized spacial score (nSPS) is 13.2. The molecule has 0 saturated heterocycles. The van der Waals surface area contributed by atoms with E-state index in [2.05, 4.69) is 13.8 Å². The van der Waals surface area contributed by atoms with E-state index in [1.54, 1.807) is 6.07 Å². The van der Waals surface area contributed by atoms with Crippen molar-refractivity contribution in [3.05, 3.63) is 35.4 Å². The molecule has 0 fully saturated rings. The molecular weight excluding hydrogens is 325 g/mol. The molecule has 0 radical (unpaired) electrons. The maximum atomic E-state index is 12.9. The van der Waals surface area contributed by atoms with Gasteiger partial charge in [0, 0.05) is 6.61 Å². The molecule has 0 aromatic heterocycles. The Morgan fingerprint density at radius 1 is 0.920 bits per heavy atom. The molecule has 144 valence electrons. The summed E-state index contributed by atoms with van der Waals surface area (Å²) in [5, 5.41) is 0. The highest BCUT2D eigenvalue weighted by molar-refractivity contribution is 5.26. The van der Waals surface area contributed by atoms with E-state index >= 15 is 0 Å². The Bertz CT molecular complexity index is 457. The average molecular weight is 358 g/mol. The Morgan fingerprint density at radius 2 is 1.60 bits per heavy atom. The van der Waals surface area contributed by atoms with Gasteiger partial charge in [-0.05, 0) is 30.9 Å². The lowest BCUT2D eigenvalue weighted by Gasteiger charge is -2.18. The molecule has 1 aromatic rings. The second-order valence-corrected chi connectivity index (χ2v) is 6.81. The smallest absolute Gasteiger partial charge is 0.378 e. The van der Waals surface area contributed by atoms with Crippen molar-refractivity contribution in [2.75, 3.05) is 6.61 Å². The zero-order chi connectivity index (χ0) is 18.5. The summed E-state index contributed by atoms with van der Waals surface area (Å²) in [6.45, 7) is 4.93. The minimum absolute atomic E-state index is 0.0130. The summed E-state index contributed by atoms with van der Waals surface area (Å²) < 4.78 is 44.4. The van der Waals surface area contributed by atoms with Crippen molar-refractivity contribution in [1.29, 1.82) is 0 Å². The predicted molar refractivity (Wildman–Crippen MR) is 97.8 cm³/mol. The molecule has 0 spiro atoms. The maximum Gasteiger partial charge on any atom is 0.416 e. The van der Waals surface area contributed by atoms with Gasteiger partial charge in [0.05, 0.1) is 11.7 Å². The molecule has 1 nitrogen and oxygen atoms in total. The van der Waals surface area contributed by atoms with Gasteiger partial charge in [0.15, 0.2) is 0 Å². The number of hydrogen-bond acceptors (Lipinski definition) is 1. The van der Waals surface area contributed by atoms with E-state index in [0.29, 0.717) is 18.6 Å². The lowest BCUT2D eigenvalue weighted by atomic mass is 10.00. The number of alkyl halides is 3. The van der Waals surface area contributed by atoms with Gasteiger partial charge in [-0.25, -0.2) is 0 Å². The molecule has 0 saturated carbocycles. The van der Waals surface area contributed by atoms with Gasteiger partial charge < -0.3 is 4.74 Å². The van der Waals surface area contributed by atoms with Crippen LogP contribution in [0.4, 0.5) is 13.2 Å². The van der Waals surface area contributed by atoms with Gasteiger partial charge in [-0.2, -0.15) is 13.2 Å². The van der Waals surface area contributed by atoms with Crippen LogP contribution in [0.1, 0.15) is 82.8 Å². The van der Waals surface area contributed by atoms with Gasteiger partial charge in [-0.3, -0.25) is 0 Å².